The van der Waals surface area contributed by atoms with Crippen molar-refractivity contribution in [3.63, 3.8) is 0 Å². The van der Waals surface area contributed by atoms with Gasteiger partial charge in [0, 0.05) is 37.8 Å². The van der Waals surface area contributed by atoms with E-state index in [0.29, 0.717) is 12.5 Å². The molecule has 4 rings (SSSR count). The lowest BCUT2D eigenvalue weighted by Gasteiger charge is -2.36. The molecule has 0 radical (unpaired) electrons. The van der Waals surface area contributed by atoms with Gasteiger partial charge in [-0.25, -0.2) is 4.98 Å². The van der Waals surface area contributed by atoms with Crippen molar-refractivity contribution in [2.45, 2.75) is 25.3 Å². The van der Waals surface area contributed by atoms with Gasteiger partial charge in [-0.3, -0.25) is 9.89 Å². The molecule has 2 aromatic rings. The van der Waals surface area contributed by atoms with Gasteiger partial charge in [-0.05, 0) is 38.1 Å². The van der Waals surface area contributed by atoms with Crippen molar-refractivity contribution in [2.24, 2.45) is 10.7 Å². The highest BCUT2D eigenvalue weighted by Crippen LogP contribution is 2.25. The Labute approximate surface area is 164 Å². The quantitative estimate of drug-likeness (QED) is 0.626. The molecule has 2 aliphatic rings. The molecule has 2 saturated heterocycles. The molecule has 146 valence electrons. The van der Waals surface area contributed by atoms with E-state index in [1.165, 1.54) is 19.3 Å². The van der Waals surface area contributed by atoms with E-state index in [4.69, 9.17) is 15.1 Å². The van der Waals surface area contributed by atoms with Crippen LogP contribution in [-0.4, -0.2) is 66.6 Å². The van der Waals surface area contributed by atoms with Gasteiger partial charge in [-0.1, -0.05) is 6.42 Å². The highest BCUT2D eigenvalue weighted by molar-refractivity contribution is 7.13. The molecule has 2 N–H and O–H groups in total. The zero-order chi connectivity index (χ0) is 18.5. The van der Waals surface area contributed by atoms with E-state index in [9.17, 15) is 0 Å². The van der Waals surface area contributed by atoms with Crippen molar-refractivity contribution in [2.75, 3.05) is 50.7 Å². The third-order valence-electron chi connectivity index (χ3n) is 5.42. The Bertz CT molecular complexity index is 703. The number of aliphatic imine (C=N–C) groups is 1. The lowest BCUT2D eigenvalue weighted by molar-refractivity contribution is 0.150. The summed E-state index contributed by atoms with van der Waals surface area (Å²) in [4.78, 5) is 16.1. The Morgan fingerprint density at radius 1 is 1.19 bits per heavy atom. The molecule has 2 aromatic heterocycles. The van der Waals surface area contributed by atoms with Crippen LogP contribution in [0.1, 0.15) is 31.1 Å². The number of furan rings is 1. The summed E-state index contributed by atoms with van der Waals surface area (Å²) in [5.41, 5.74) is 6.34. The maximum atomic E-state index is 6.34. The first-order chi connectivity index (χ1) is 13.3. The zero-order valence-electron chi connectivity index (χ0n) is 15.7. The van der Waals surface area contributed by atoms with Crippen LogP contribution in [0.4, 0.5) is 5.13 Å². The predicted octanol–water partition coefficient (Wildman–Crippen LogP) is 2.40. The third-order valence-corrected chi connectivity index (χ3v) is 6.25. The van der Waals surface area contributed by atoms with Crippen LogP contribution in [0.5, 0.6) is 0 Å². The largest absolute Gasteiger partial charge is 0.468 e. The summed E-state index contributed by atoms with van der Waals surface area (Å²) in [6.07, 6.45) is 7.41. The van der Waals surface area contributed by atoms with Gasteiger partial charge in [0.25, 0.3) is 0 Å². The van der Waals surface area contributed by atoms with E-state index in [0.717, 1.165) is 50.2 Å². The molecule has 27 heavy (non-hydrogen) atoms. The number of anilines is 1. The van der Waals surface area contributed by atoms with Crippen LogP contribution in [0, 0.1) is 0 Å². The lowest BCUT2D eigenvalue weighted by atomic mass is 10.1. The number of hydrogen-bond donors (Lipinski definition) is 1. The molecule has 0 amide bonds. The van der Waals surface area contributed by atoms with E-state index >= 15 is 0 Å². The molecule has 1 unspecified atom stereocenters. The molecule has 0 saturated carbocycles. The van der Waals surface area contributed by atoms with Gasteiger partial charge in [0.15, 0.2) is 11.1 Å². The number of thiazole rings is 1. The Morgan fingerprint density at radius 2 is 2.00 bits per heavy atom. The summed E-state index contributed by atoms with van der Waals surface area (Å²) in [5.74, 6) is 1.63. The second-order valence-corrected chi connectivity index (χ2v) is 7.99. The van der Waals surface area contributed by atoms with Gasteiger partial charge in [0.05, 0.1) is 18.8 Å². The molecular formula is C19H28N6OS. The van der Waals surface area contributed by atoms with E-state index in [2.05, 4.69) is 25.8 Å². The summed E-state index contributed by atoms with van der Waals surface area (Å²) in [6, 6.07) is 4.19. The summed E-state index contributed by atoms with van der Waals surface area (Å²) in [6.45, 7) is 6.47. The fraction of sp³-hybridized carbons (Fsp3) is 0.579. The second kappa shape index (κ2) is 8.75. The first-order valence-electron chi connectivity index (χ1n) is 9.78. The maximum Gasteiger partial charge on any atom is 0.191 e. The van der Waals surface area contributed by atoms with E-state index in [1.54, 1.807) is 17.6 Å². The number of guanidine groups is 1. The fourth-order valence-electron chi connectivity index (χ4n) is 3.88. The topological polar surface area (TPSA) is 74.1 Å². The SMILES string of the molecule is NC(=NCC(c1ccco1)N1CCCCC1)N1CCN(c2nccs2)CC1. The van der Waals surface area contributed by atoms with Crippen LogP contribution >= 0.6 is 11.3 Å². The van der Waals surface area contributed by atoms with Crippen LogP contribution < -0.4 is 10.6 Å². The minimum atomic E-state index is 0.176. The van der Waals surface area contributed by atoms with Gasteiger partial charge in [-0.15, -0.1) is 11.3 Å². The fourth-order valence-corrected chi connectivity index (χ4v) is 4.57. The number of rotatable bonds is 5. The molecule has 4 heterocycles. The van der Waals surface area contributed by atoms with Crippen molar-refractivity contribution in [1.29, 1.82) is 0 Å². The monoisotopic (exact) mass is 388 g/mol. The van der Waals surface area contributed by atoms with Crippen LogP contribution in [0.2, 0.25) is 0 Å². The number of nitrogens with two attached hydrogens (primary N) is 1. The average Bonchev–Trinajstić information content (AvgIpc) is 3.43. The molecule has 0 bridgehead atoms. The van der Waals surface area contributed by atoms with Crippen molar-refractivity contribution >= 4 is 22.4 Å². The van der Waals surface area contributed by atoms with Gasteiger partial charge in [0.1, 0.15) is 5.76 Å². The molecule has 0 aromatic carbocycles. The first-order valence-corrected chi connectivity index (χ1v) is 10.7. The normalized spacial score (nSPS) is 20.8. The highest BCUT2D eigenvalue weighted by atomic mass is 32.1. The van der Waals surface area contributed by atoms with Crippen LogP contribution in [0.3, 0.4) is 0 Å². The van der Waals surface area contributed by atoms with Crippen molar-refractivity contribution < 1.29 is 4.42 Å². The Hall–Kier alpha value is -2.06. The Morgan fingerprint density at radius 3 is 2.67 bits per heavy atom. The minimum Gasteiger partial charge on any atom is -0.468 e. The predicted molar refractivity (Wildman–Crippen MR) is 109 cm³/mol. The van der Waals surface area contributed by atoms with E-state index < -0.39 is 0 Å². The van der Waals surface area contributed by atoms with Gasteiger partial charge in [0.2, 0.25) is 0 Å². The Balaban J connectivity index is 1.36. The van der Waals surface area contributed by atoms with E-state index in [1.807, 2.05) is 17.6 Å². The molecule has 8 heteroatoms. The molecular weight excluding hydrogens is 360 g/mol. The lowest BCUT2D eigenvalue weighted by Crippen LogP contribution is -2.51. The number of hydrogen-bond acceptors (Lipinski definition) is 6. The first kappa shape index (κ1) is 18.3. The van der Waals surface area contributed by atoms with E-state index in [-0.39, 0.29) is 6.04 Å². The van der Waals surface area contributed by atoms with Crippen LogP contribution in [0.25, 0.3) is 0 Å². The third kappa shape index (κ3) is 4.44. The molecule has 1 atom stereocenters. The summed E-state index contributed by atoms with van der Waals surface area (Å²) >= 11 is 1.69. The highest BCUT2D eigenvalue weighted by Gasteiger charge is 2.25. The standard InChI is InChI=1S/C19H28N6OS/c20-18(24-9-11-25(12-10-24)19-21-6-14-27-19)22-15-16(17-5-4-13-26-17)23-7-2-1-3-8-23/h4-6,13-14,16H,1-3,7-12,15H2,(H2,20,22). The number of nitrogens with zero attached hydrogens (tertiary/aromatic N) is 5. The number of piperazine rings is 1. The van der Waals surface area contributed by atoms with Crippen molar-refractivity contribution in [1.82, 2.24) is 14.8 Å². The number of aromatic nitrogens is 1. The molecule has 0 spiro atoms. The molecule has 0 aliphatic carbocycles. The second-order valence-electron chi connectivity index (χ2n) is 7.12. The summed E-state index contributed by atoms with van der Waals surface area (Å²) in [7, 11) is 0. The minimum absolute atomic E-state index is 0.176. The smallest absolute Gasteiger partial charge is 0.191 e. The van der Waals surface area contributed by atoms with Crippen LogP contribution in [0.15, 0.2) is 39.4 Å². The number of piperidine rings is 1. The van der Waals surface area contributed by atoms with Gasteiger partial charge < -0.3 is 20.0 Å². The zero-order valence-corrected chi connectivity index (χ0v) is 16.5. The average molecular weight is 389 g/mol. The van der Waals surface area contributed by atoms with Gasteiger partial charge >= 0.3 is 0 Å². The van der Waals surface area contributed by atoms with Crippen molar-refractivity contribution in [3.05, 3.63) is 35.7 Å². The molecule has 7 nitrogen and oxygen atoms in total. The Kier molecular flexibility index (Phi) is 5.94. The number of likely N-dealkylation sites (tertiary alicyclic amines) is 1. The van der Waals surface area contributed by atoms with Crippen molar-refractivity contribution in [3.8, 4) is 0 Å². The maximum absolute atomic E-state index is 6.34. The van der Waals surface area contributed by atoms with Gasteiger partial charge in [-0.2, -0.15) is 0 Å². The molecule has 2 fully saturated rings. The van der Waals surface area contributed by atoms with Crippen LogP contribution in [-0.2, 0) is 0 Å². The summed E-state index contributed by atoms with van der Waals surface area (Å²) < 4.78 is 5.70. The molecule has 2 aliphatic heterocycles. The summed E-state index contributed by atoms with van der Waals surface area (Å²) in [5, 5.41) is 3.11.